The van der Waals surface area contributed by atoms with E-state index in [1.54, 1.807) is 31.2 Å². The standard InChI is InChI=1S/C28H35ClN2O10/c1-16(2)12-37-23-14-36-13-21(28(34)40-17(3)25(23)41-20-8-6-7-19(29)11-20)31-27(33)24-26(39-15-38-18(4)32)22(35-5)9-10-30-24/h6-11,16-17,21,23,25H,12-15H2,1-5H3,(H,31,33). The third kappa shape index (κ3) is 9.48. The minimum absolute atomic E-state index is 0.0550. The van der Waals surface area contributed by atoms with Gasteiger partial charge in [-0.2, -0.15) is 0 Å². The molecular formula is C28H35ClN2O10. The second-order valence-corrected chi connectivity index (χ2v) is 10.0. The molecule has 1 aliphatic rings. The Kier molecular flexibility index (Phi) is 12.0. The van der Waals surface area contributed by atoms with Gasteiger partial charge in [0.1, 0.15) is 18.0 Å². The van der Waals surface area contributed by atoms with E-state index < -0.39 is 49.0 Å². The fraction of sp³-hybridized carbons (Fsp3) is 0.500. The summed E-state index contributed by atoms with van der Waals surface area (Å²) in [6.07, 6.45) is -0.805. The Bertz CT molecular complexity index is 1190. The first-order valence-electron chi connectivity index (χ1n) is 13.0. The van der Waals surface area contributed by atoms with Gasteiger partial charge in [0.15, 0.2) is 29.3 Å². The number of halogens is 1. The van der Waals surface area contributed by atoms with Gasteiger partial charge in [0, 0.05) is 30.8 Å². The number of hydrogen-bond donors (Lipinski definition) is 1. The maximum absolute atomic E-state index is 13.2. The van der Waals surface area contributed by atoms with E-state index in [1.165, 1.54) is 26.3 Å². The highest BCUT2D eigenvalue weighted by molar-refractivity contribution is 6.30. The van der Waals surface area contributed by atoms with E-state index in [1.807, 2.05) is 13.8 Å². The molecule has 1 fully saturated rings. The van der Waals surface area contributed by atoms with Crippen LogP contribution in [0.4, 0.5) is 0 Å². The summed E-state index contributed by atoms with van der Waals surface area (Å²) in [7, 11) is 1.38. The molecule has 1 aliphatic heterocycles. The van der Waals surface area contributed by atoms with Crippen molar-refractivity contribution in [2.24, 2.45) is 5.92 Å². The number of rotatable bonds is 11. The van der Waals surface area contributed by atoms with Gasteiger partial charge < -0.3 is 38.5 Å². The number of nitrogens with one attached hydrogen (secondary N) is 1. The fourth-order valence-corrected chi connectivity index (χ4v) is 4.00. The molecule has 0 aliphatic carbocycles. The zero-order valence-corrected chi connectivity index (χ0v) is 24.3. The number of carbonyl (C=O) groups excluding carboxylic acids is 3. The van der Waals surface area contributed by atoms with Crippen LogP contribution in [0.25, 0.3) is 0 Å². The summed E-state index contributed by atoms with van der Waals surface area (Å²) in [5, 5.41) is 3.07. The van der Waals surface area contributed by atoms with Crippen molar-refractivity contribution in [1.82, 2.24) is 10.3 Å². The van der Waals surface area contributed by atoms with Gasteiger partial charge in [-0.25, -0.2) is 9.78 Å². The van der Waals surface area contributed by atoms with Crippen LogP contribution in [0.5, 0.6) is 17.2 Å². The molecule has 1 saturated heterocycles. The molecule has 0 spiro atoms. The number of ether oxygens (including phenoxy) is 7. The van der Waals surface area contributed by atoms with Crippen LogP contribution in [0, 0.1) is 5.92 Å². The summed E-state index contributed by atoms with van der Waals surface area (Å²) in [4.78, 5) is 41.7. The van der Waals surface area contributed by atoms with E-state index in [0.717, 1.165) is 0 Å². The molecule has 1 amide bonds. The highest BCUT2D eigenvalue weighted by atomic mass is 35.5. The Morgan fingerprint density at radius 1 is 1.22 bits per heavy atom. The van der Waals surface area contributed by atoms with E-state index in [2.05, 4.69) is 10.3 Å². The van der Waals surface area contributed by atoms with Crippen molar-refractivity contribution in [3.8, 4) is 17.2 Å². The van der Waals surface area contributed by atoms with Gasteiger partial charge >= 0.3 is 11.9 Å². The lowest BCUT2D eigenvalue weighted by atomic mass is 10.1. The quantitative estimate of drug-likeness (QED) is 0.303. The molecule has 4 unspecified atom stereocenters. The molecule has 1 aromatic heterocycles. The number of hydrogen-bond acceptors (Lipinski definition) is 11. The summed E-state index contributed by atoms with van der Waals surface area (Å²) in [6.45, 7) is 6.69. The highest BCUT2D eigenvalue weighted by Gasteiger charge is 2.37. The Balaban J connectivity index is 1.80. The van der Waals surface area contributed by atoms with E-state index in [-0.39, 0.29) is 36.3 Å². The number of esters is 2. The summed E-state index contributed by atoms with van der Waals surface area (Å²) in [5.74, 6) is -1.29. The molecule has 2 heterocycles. The van der Waals surface area contributed by atoms with Gasteiger partial charge in [0.25, 0.3) is 5.91 Å². The zero-order valence-electron chi connectivity index (χ0n) is 23.6. The number of pyridine rings is 1. The molecule has 12 nitrogen and oxygen atoms in total. The molecule has 2 aromatic rings. The molecular weight excluding hydrogens is 560 g/mol. The van der Waals surface area contributed by atoms with Crippen molar-refractivity contribution >= 4 is 29.4 Å². The first-order chi connectivity index (χ1) is 19.6. The number of carbonyl (C=O) groups is 3. The molecule has 13 heteroatoms. The molecule has 0 bridgehead atoms. The topological polar surface area (TPSA) is 141 Å². The van der Waals surface area contributed by atoms with Crippen LogP contribution in [0.1, 0.15) is 38.2 Å². The molecule has 1 N–H and O–H groups in total. The Morgan fingerprint density at radius 2 is 2.00 bits per heavy atom. The van der Waals surface area contributed by atoms with E-state index in [9.17, 15) is 14.4 Å². The van der Waals surface area contributed by atoms with Gasteiger partial charge in [0.2, 0.25) is 6.79 Å². The third-order valence-electron chi connectivity index (χ3n) is 5.77. The van der Waals surface area contributed by atoms with Gasteiger partial charge in [-0.05, 0) is 31.0 Å². The lowest BCUT2D eigenvalue weighted by Gasteiger charge is -2.31. The summed E-state index contributed by atoms with van der Waals surface area (Å²) < 4.78 is 39.4. The summed E-state index contributed by atoms with van der Waals surface area (Å²) in [5.41, 5.74) is -0.197. The van der Waals surface area contributed by atoms with Gasteiger partial charge in [-0.1, -0.05) is 31.5 Å². The summed E-state index contributed by atoms with van der Waals surface area (Å²) >= 11 is 6.13. The second-order valence-electron chi connectivity index (χ2n) is 9.60. The second kappa shape index (κ2) is 15.4. The van der Waals surface area contributed by atoms with E-state index >= 15 is 0 Å². The van der Waals surface area contributed by atoms with E-state index in [4.69, 9.17) is 44.8 Å². The van der Waals surface area contributed by atoms with Crippen molar-refractivity contribution in [3.63, 3.8) is 0 Å². The number of methoxy groups -OCH3 is 1. The average Bonchev–Trinajstić information content (AvgIpc) is 2.96. The molecule has 0 saturated carbocycles. The molecule has 1 aromatic carbocycles. The Labute approximate surface area is 243 Å². The van der Waals surface area contributed by atoms with Crippen LogP contribution in [-0.2, 0) is 28.5 Å². The molecule has 41 heavy (non-hydrogen) atoms. The predicted molar refractivity (Wildman–Crippen MR) is 146 cm³/mol. The third-order valence-corrected chi connectivity index (χ3v) is 6.00. The van der Waals surface area contributed by atoms with Crippen LogP contribution in [-0.4, -0.2) is 80.9 Å². The molecule has 4 atom stereocenters. The van der Waals surface area contributed by atoms with Crippen molar-refractivity contribution in [2.45, 2.75) is 52.0 Å². The lowest BCUT2D eigenvalue weighted by molar-refractivity contribution is -0.159. The minimum Gasteiger partial charge on any atom is -0.493 e. The maximum atomic E-state index is 13.2. The van der Waals surface area contributed by atoms with Crippen molar-refractivity contribution < 1.29 is 47.5 Å². The van der Waals surface area contributed by atoms with Crippen LogP contribution >= 0.6 is 11.6 Å². The van der Waals surface area contributed by atoms with Crippen LogP contribution in [0.3, 0.4) is 0 Å². The van der Waals surface area contributed by atoms with Crippen LogP contribution in [0.15, 0.2) is 36.5 Å². The number of aromatic nitrogens is 1. The molecule has 3 rings (SSSR count). The van der Waals surface area contributed by atoms with Crippen LogP contribution in [0.2, 0.25) is 5.02 Å². The Morgan fingerprint density at radius 3 is 2.68 bits per heavy atom. The van der Waals surface area contributed by atoms with E-state index in [0.29, 0.717) is 17.4 Å². The molecule has 224 valence electrons. The zero-order chi connectivity index (χ0) is 29.9. The van der Waals surface area contributed by atoms with Crippen molar-refractivity contribution in [2.75, 3.05) is 33.7 Å². The van der Waals surface area contributed by atoms with Gasteiger partial charge in [-0.3, -0.25) is 9.59 Å². The van der Waals surface area contributed by atoms with Gasteiger partial charge in [0.05, 0.1) is 20.3 Å². The monoisotopic (exact) mass is 594 g/mol. The smallest absolute Gasteiger partial charge is 0.331 e. The number of amides is 1. The minimum atomic E-state index is -1.20. The normalized spacial score (nSPS) is 21.1. The highest BCUT2D eigenvalue weighted by Crippen LogP contribution is 2.30. The largest absolute Gasteiger partial charge is 0.493 e. The summed E-state index contributed by atoms with van der Waals surface area (Å²) in [6, 6.07) is 7.11. The number of cyclic esters (lactones) is 1. The maximum Gasteiger partial charge on any atom is 0.331 e. The van der Waals surface area contributed by atoms with Crippen molar-refractivity contribution in [1.29, 1.82) is 0 Å². The number of nitrogens with zero attached hydrogens (tertiary/aromatic N) is 1. The Hall–Kier alpha value is -3.61. The number of benzene rings is 1. The predicted octanol–water partition coefficient (Wildman–Crippen LogP) is 3.19. The molecule has 0 radical (unpaired) electrons. The average molecular weight is 595 g/mol. The van der Waals surface area contributed by atoms with Crippen molar-refractivity contribution in [3.05, 3.63) is 47.2 Å². The lowest BCUT2D eigenvalue weighted by Crippen LogP contribution is -2.48. The first kappa shape index (κ1) is 31.9. The van der Waals surface area contributed by atoms with Gasteiger partial charge in [-0.15, -0.1) is 0 Å². The fourth-order valence-electron chi connectivity index (χ4n) is 3.82. The van der Waals surface area contributed by atoms with Crippen LogP contribution < -0.4 is 19.5 Å². The first-order valence-corrected chi connectivity index (χ1v) is 13.4. The SMILES string of the molecule is COc1ccnc(C(=O)NC2COCC(OCC(C)C)C(Oc3cccc(Cl)c3)C(C)OC2=O)c1OCOC(C)=O.